The number of carbonyl (C=O) groups excluding carboxylic acids is 1. The predicted octanol–water partition coefficient (Wildman–Crippen LogP) is 0.855. The molecule has 2 aromatic rings. The van der Waals surface area contributed by atoms with Crippen LogP contribution in [0.25, 0.3) is 11.1 Å². The first-order chi connectivity index (χ1) is 7.63. The Balaban J connectivity index is 2.71. The molecule has 2 rings (SSSR count). The van der Waals surface area contributed by atoms with Crippen LogP contribution in [-0.2, 0) is 0 Å². The number of hydrogen-bond acceptors (Lipinski definition) is 6. The summed E-state index contributed by atoms with van der Waals surface area (Å²) in [7, 11) is 0. The number of oxazole rings is 1. The molecule has 0 atom stereocenters. The van der Waals surface area contributed by atoms with E-state index in [9.17, 15) is 14.9 Å². The van der Waals surface area contributed by atoms with Crippen LogP contribution in [0.5, 0.6) is 0 Å². The highest BCUT2D eigenvalue weighted by molar-refractivity contribution is 5.98. The number of fused-ring (bicyclic) bond motifs is 1. The van der Waals surface area contributed by atoms with Crippen molar-refractivity contribution in [1.82, 2.24) is 10.5 Å². The lowest BCUT2D eigenvalue weighted by Crippen LogP contribution is -2.18. The van der Waals surface area contributed by atoms with Crippen LogP contribution in [0.4, 0.5) is 5.69 Å². The van der Waals surface area contributed by atoms with Crippen molar-refractivity contribution in [2.45, 2.75) is 0 Å². The molecule has 2 N–H and O–H groups in total. The second-order valence-electron chi connectivity index (χ2n) is 2.89. The minimum Gasteiger partial charge on any atom is -0.443 e. The molecule has 0 spiro atoms. The van der Waals surface area contributed by atoms with Crippen LogP contribution in [0.1, 0.15) is 10.4 Å². The summed E-state index contributed by atoms with van der Waals surface area (Å²) in [6.07, 6.45) is 1.04. The average molecular weight is 223 g/mol. The zero-order chi connectivity index (χ0) is 11.7. The first kappa shape index (κ1) is 10.1. The van der Waals surface area contributed by atoms with Crippen molar-refractivity contribution >= 4 is 22.7 Å². The van der Waals surface area contributed by atoms with E-state index in [0.29, 0.717) is 0 Å². The summed E-state index contributed by atoms with van der Waals surface area (Å²) >= 11 is 0. The second kappa shape index (κ2) is 3.59. The third-order valence-electron chi connectivity index (χ3n) is 1.98. The lowest BCUT2D eigenvalue weighted by molar-refractivity contribution is -0.383. The van der Waals surface area contributed by atoms with Gasteiger partial charge in [-0.1, -0.05) is 0 Å². The first-order valence-corrected chi connectivity index (χ1v) is 4.09. The van der Waals surface area contributed by atoms with E-state index in [1.807, 2.05) is 0 Å². The Kier molecular flexibility index (Phi) is 2.25. The normalized spacial score (nSPS) is 10.3. The Morgan fingerprint density at radius 1 is 1.56 bits per heavy atom. The van der Waals surface area contributed by atoms with Crippen molar-refractivity contribution in [3.63, 3.8) is 0 Å². The van der Waals surface area contributed by atoms with Crippen molar-refractivity contribution in [1.29, 1.82) is 0 Å². The Hall–Kier alpha value is -2.48. The van der Waals surface area contributed by atoms with E-state index in [2.05, 4.69) is 4.98 Å². The summed E-state index contributed by atoms with van der Waals surface area (Å²) in [5.41, 5.74) is 1.10. The average Bonchev–Trinajstić information content (AvgIpc) is 2.74. The van der Waals surface area contributed by atoms with Crippen LogP contribution in [0, 0.1) is 10.1 Å². The van der Waals surface area contributed by atoms with Crippen molar-refractivity contribution in [3.8, 4) is 0 Å². The summed E-state index contributed by atoms with van der Waals surface area (Å²) in [6.45, 7) is 0. The highest BCUT2D eigenvalue weighted by atomic mass is 16.6. The van der Waals surface area contributed by atoms with Gasteiger partial charge in [-0.2, -0.15) is 0 Å². The topological polar surface area (TPSA) is 118 Å². The number of nitro benzene ring substituents is 1. The molecular weight excluding hydrogens is 218 g/mol. The predicted molar refractivity (Wildman–Crippen MR) is 49.9 cm³/mol. The molecule has 1 heterocycles. The second-order valence-corrected chi connectivity index (χ2v) is 2.89. The molecule has 0 fully saturated rings. The number of nitrogens with zero attached hydrogens (tertiary/aromatic N) is 2. The number of nitro groups is 1. The number of amides is 1. The quantitative estimate of drug-likeness (QED) is 0.442. The fraction of sp³-hybridized carbons (Fsp3) is 0. The standard InChI is InChI=1S/C8H5N3O5/c12-8(10-13)4-1-5(11(14)15)7-6(2-4)16-3-9-7/h1-3,13H,(H,10,12). The van der Waals surface area contributed by atoms with Gasteiger partial charge in [-0.3, -0.25) is 20.1 Å². The van der Waals surface area contributed by atoms with E-state index < -0.39 is 10.8 Å². The summed E-state index contributed by atoms with van der Waals surface area (Å²) in [5, 5.41) is 19.1. The van der Waals surface area contributed by atoms with E-state index >= 15 is 0 Å². The third kappa shape index (κ3) is 1.46. The van der Waals surface area contributed by atoms with Gasteiger partial charge in [-0.05, 0) is 6.07 Å². The van der Waals surface area contributed by atoms with Crippen LogP contribution in [0.15, 0.2) is 22.9 Å². The zero-order valence-electron chi connectivity index (χ0n) is 7.71. The lowest BCUT2D eigenvalue weighted by atomic mass is 10.1. The van der Waals surface area contributed by atoms with Gasteiger partial charge < -0.3 is 4.42 Å². The highest BCUT2D eigenvalue weighted by Crippen LogP contribution is 2.25. The van der Waals surface area contributed by atoms with Gasteiger partial charge in [0, 0.05) is 6.07 Å². The van der Waals surface area contributed by atoms with E-state index in [4.69, 9.17) is 9.62 Å². The largest absolute Gasteiger partial charge is 0.443 e. The van der Waals surface area contributed by atoms with Crippen molar-refractivity contribution < 1.29 is 19.3 Å². The molecule has 0 saturated carbocycles. The summed E-state index contributed by atoms with van der Waals surface area (Å²) in [6, 6.07) is 2.26. The minimum absolute atomic E-state index is 0.0551. The van der Waals surface area contributed by atoms with Gasteiger partial charge in [-0.25, -0.2) is 10.5 Å². The SMILES string of the molecule is O=C(NO)c1cc([N+](=O)[O-])c2ncoc2c1. The fourth-order valence-corrected chi connectivity index (χ4v) is 1.28. The molecule has 82 valence electrons. The molecule has 1 aromatic heterocycles. The molecule has 8 nitrogen and oxygen atoms in total. The monoisotopic (exact) mass is 223 g/mol. The number of aromatic nitrogens is 1. The first-order valence-electron chi connectivity index (χ1n) is 4.09. The maximum Gasteiger partial charge on any atom is 0.299 e. The molecule has 0 aliphatic carbocycles. The number of hydrogen-bond donors (Lipinski definition) is 2. The third-order valence-corrected chi connectivity index (χ3v) is 1.98. The van der Waals surface area contributed by atoms with Crippen molar-refractivity contribution in [2.75, 3.05) is 0 Å². The van der Waals surface area contributed by atoms with Gasteiger partial charge in [0.2, 0.25) is 0 Å². The molecule has 0 aliphatic rings. The smallest absolute Gasteiger partial charge is 0.299 e. The molecule has 0 bridgehead atoms. The highest BCUT2D eigenvalue weighted by Gasteiger charge is 2.19. The Bertz CT molecular complexity index is 576. The summed E-state index contributed by atoms with van der Waals surface area (Å²) < 4.78 is 4.87. The van der Waals surface area contributed by atoms with Crippen LogP contribution < -0.4 is 5.48 Å². The zero-order valence-corrected chi connectivity index (χ0v) is 7.71. The molecule has 16 heavy (non-hydrogen) atoms. The van der Waals surface area contributed by atoms with E-state index in [0.717, 1.165) is 12.5 Å². The molecular formula is C8H5N3O5. The molecule has 8 heteroatoms. The summed E-state index contributed by atoms with van der Waals surface area (Å²) in [5.74, 6) is -0.860. The van der Waals surface area contributed by atoms with E-state index in [-0.39, 0.29) is 22.4 Å². The van der Waals surface area contributed by atoms with Crippen LogP contribution in [0.2, 0.25) is 0 Å². The van der Waals surface area contributed by atoms with Gasteiger partial charge >= 0.3 is 0 Å². The van der Waals surface area contributed by atoms with Gasteiger partial charge in [0.25, 0.3) is 11.6 Å². The molecule has 0 aliphatic heterocycles. The molecule has 0 radical (unpaired) electrons. The number of benzene rings is 1. The minimum atomic E-state index is -0.860. The molecule has 1 aromatic carbocycles. The number of hydroxylamine groups is 1. The van der Waals surface area contributed by atoms with Crippen LogP contribution >= 0.6 is 0 Å². The van der Waals surface area contributed by atoms with Crippen molar-refractivity contribution in [2.24, 2.45) is 0 Å². The summed E-state index contributed by atoms with van der Waals surface area (Å²) in [4.78, 5) is 24.8. The van der Waals surface area contributed by atoms with Crippen LogP contribution in [-0.4, -0.2) is 21.0 Å². The van der Waals surface area contributed by atoms with Gasteiger partial charge in [-0.15, -0.1) is 0 Å². The van der Waals surface area contributed by atoms with Crippen LogP contribution in [0.3, 0.4) is 0 Å². The van der Waals surface area contributed by atoms with E-state index in [1.165, 1.54) is 11.5 Å². The Labute approximate surface area is 87.6 Å². The van der Waals surface area contributed by atoms with Gasteiger partial charge in [0.15, 0.2) is 17.5 Å². The van der Waals surface area contributed by atoms with Gasteiger partial charge in [0.1, 0.15) is 0 Å². The van der Waals surface area contributed by atoms with E-state index in [1.54, 1.807) is 0 Å². The lowest BCUT2D eigenvalue weighted by Gasteiger charge is -1.98. The number of nitrogens with one attached hydrogen (secondary N) is 1. The Morgan fingerprint density at radius 2 is 2.31 bits per heavy atom. The number of rotatable bonds is 2. The maximum absolute atomic E-state index is 11.1. The molecule has 0 unspecified atom stereocenters. The van der Waals surface area contributed by atoms with Crippen molar-refractivity contribution in [3.05, 3.63) is 34.2 Å². The molecule has 1 amide bonds. The fourth-order valence-electron chi connectivity index (χ4n) is 1.28. The Morgan fingerprint density at radius 3 is 2.94 bits per heavy atom. The maximum atomic E-state index is 11.1. The molecule has 0 saturated heterocycles. The number of non-ortho nitro benzene ring substituents is 1. The number of carbonyl (C=O) groups is 1. The van der Waals surface area contributed by atoms with Gasteiger partial charge in [0.05, 0.1) is 10.5 Å².